The highest BCUT2D eigenvalue weighted by Gasteiger charge is 2.37. The van der Waals surface area contributed by atoms with Crippen molar-refractivity contribution >= 4 is 116 Å². The molecule has 1 aromatic rings. The molecule has 7 unspecified atom stereocenters. The van der Waals surface area contributed by atoms with E-state index in [4.69, 9.17) is 64.8 Å². The second-order valence-corrected chi connectivity index (χ2v) is 15.9. The minimum atomic E-state index is -0.981. The van der Waals surface area contributed by atoms with E-state index in [0.29, 0.717) is 75.7 Å². The van der Waals surface area contributed by atoms with E-state index >= 15 is 0 Å². The van der Waals surface area contributed by atoms with Crippen LogP contribution in [0.25, 0.3) is 22.6 Å². The number of esters is 1. The highest BCUT2D eigenvalue weighted by atomic mass is 35.5. The summed E-state index contributed by atoms with van der Waals surface area (Å²) >= 11 is 0. The second kappa shape index (κ2) is 43.4. The van der Waals surface area contributed by atoms with Crippen molar-refractivity contribution in [2.75, 3.05) is 52.6 Å². The van der Waals surface area contributed by atoms with Gasteiger partial charge in [-0.3, -0.25) is 14.6 Å². The van der Waals surface area contributed by atoms with Crippen LogP contribution in [0.1, 0.15) is 88.2 Å². The summed E-state index contributed by atoms with van der Waals surface area (Å²) in [6, 6.07) is 1.77. The monoisotopic (exact) mass is 1130 g/mol. The molecule has 0 aromatic heterocycles. The quantitative estimate of drug-likeness (QED) is 0.0246. The fraction of sp³-hybridized carbons (Fsp3) is 0.732. The van der Waals surface area contributed by atoms with Crippen LogP contribution in [0.15, 0.2) is 21.7 Å². The van der Waals surface area contributed by atoms with Gasteiger partial charge in [0, 0.05) is 18.1 Å². The third-order valence-electron chi connectivity index (χ3n) is 10.6. The van der Waals surface area contributed by atoms with Crippen LogP contribution < -0.4 is 57.1 Å². The van der Waals surface area contributed by atoms with Crippen LogP contribution in [0, 0.1) is 13.8 Å². The Balaban J connectivity index is -0.00000120. The number of nitrogens with two attached hydrogens (primary N) is 8. The molecule has 7 atom stereocenters. The van der Waals surface area contributed by atoms with Crippen molar-refractivity contribution < 1.29 is 23.7 Å². The number of fused-ring (bicyclic) bond motifs is 2. The number of rotatable bonds is 32. The first kappa shape index (κ1) is 78.3. The van der Waals surface area contributed by atoms with Crippen molar-refractivity contribution in [3.8, 4) is 11.5 Å². The number of aryl methyl sites for hydroxylation is 2. The number of halogens is 8. The van der Waals surface area contributed by atoms with E-state index in [0.717, 1.165) is 49.7 Å². The zero-order chi connectivity index (χ0) is 44.0. The third kappa shape index (κ3) is 27.1. The molecule has 2 aliphatic heterocycles. The number of nitrogens with one attached hydrogen (secondary N) is 1. The Morgan fingerprint density at radius 3 is 1.53 bits per heavy atom. The zero-order valence-electron chi connectivity index (χ0n) is 39.1. The van der Waals surface area contributed by atoms with E-state index in [2.05, 4.69) is 15.0 Å². The van der Waals surface area contributed by atoms with Gasteiger partial charge in [-0.2, -0.15) is 4.98 Å². The third-order valence-corrected chi connectivity index (χ3v) is 10.6. The van der Waals surface area contributed by atoms with E-state index in [1.165, 1.54) is 0 Å². The number of aromatic amines is 1. The molecule has 0 amide bonds. The number of H-pyrrole nitrogens is 1. The average molecular weight is 1140 g/mol. The van der Waals surface area contributed by atoms with Gasteiger partial charge in [0.15, 0.2) is 11.5 Å². The van der Waals surface area contributed by atoms with E-state index in [1.807, 2.05) is 26.0 Å². The maximum atomic E-state index is 13.3. The van der Waals surface area contributed by atoms with Crippen molar-refractivity contribution in [1.29, 1.82) is 0 Å². The number of aromatic nitrogens is 4. The zero-order valence-corrected chi connectivity index (χ0v) is 45.7. The van der Waals surface area contributed by atoms with Crippen LogP contribution in [0.2, 0.25) is 0 Å². The van der Waals surface area contributed by atoms with Gasteiger partial charge in [0.2, 0.25) is 0 Å². The fourth-order valence-electron chi connectivity index (χ4n) is 6.89. The summed E-state index contributed by atoms with van der Waals surface area (Å²) in [7, 11) is 0. The van der Waals surface area contributed by atoms with Gasteiger partial charge in [-0.05, 0) is 115 Å². The SMILES string of the molecule is Cc1cc2nc3c(=O)[nH]c(=O)nc-3n(CC(OCC(N)CCCCN)C(OCC(N)CCCCN)C(COC(=O)C(N)CCCCN)OCC(N)CCCCN)c2cc1C.Cl.Cl.Cl.Cl.Cl.Cl.Cl.Cl. The molecule has 68 heavy (non-hydrogen) atoms. The molecule has 19 nitrogen and oxygen atoms in total. The van der Waals surface area contributed by atoms with Gasteiger partial charge in [0.25, 0.3) is 5.56 Å². The lowest BCUT2D eigenvalue weighted by atomic mass is 10.0. The standard InChI is InChI=1S/C41H74N12O7.8ClH/c1-26-19-32-33(20-27(26)2)53(38-36(50-32)39(54)52-41(56)51-38)21-34(57-22-28(46)11-3-7-15-42)37(59-24-30(48)13-5-9-17-44)35(58-23-29(47)12-4-8-16-43)25-60-40(55)31(49)14-6-10-18-45;;;;;;;;/h19-20,28-31,34-35,37H,3-18,21-25,42-49H2,1-2H3,(H,52,54,56);8*1H. The largest absolute Gasteiger partial charge is 0.462 e. The highest BCUT2D eigenvalue weighted by molar-refractivity contribution is 5.86. The van der Waals surface area contributed by atoms with Crippen LogP contribution >= 0.6 is 99.3 Å². The van der Waals surface area contributed by atoms with Crippen molar-refractivity contribution in [3.05, 3.63) is 44.1 Å². The Hall–Kier alpha value is -1.15. The van der Waals surface area contributed by atoms with E-state index < -0.39 is 41.6 Å². The number of ether oxygens (including phenoxy) is 4. The smallest absolute Gasteiger partial charge is 0.349 e. The molecule has 17 N–H and O–H groups in total. The Bertz CT molecular complexity index is 1810. The lowest BCUT2D eigenvalue weighted by Gasteiger charge is -2.36. The maximum Gasteiger partial charge on any atom is 0.349 e. The lowest BCUT2D eigenvalue weighted by Crippen LogP contribution is -2.51. The summed E-state index contributed by atoms with van der Waals surface area (Å²) in [4.78, 5) is 50.5. The molecule has 3 rings (SSSR count). The predicted molar refractivity (Wildman–Crippen MR) is 292 cm³/mol. The van der Waals surface area contributed by atoms with Gasteiger partial charge >= 0.3 is 11.7 Å². The van der Waals surface area contributed by atoms with Gasteiger partial charge < -0.3 is 69.4 Å². The summed E-state index contributed by atoms with van der Waals surface area (Å²) in [6.07, 6.45) is 5.61. The number of carbonyl (C=O) groups is 1. The fourth-order valence-corrected chi connectivity index (χ4v) is 6.89. The molecule has 27 heteroatoms. The average Bonchev–Trinajstić information content (AvgIpc) is 3.21. The molecule has 0 aliphatic carbocycles. The molecular formula is C41H82Cl8N12O7. The van der Waals surface area contributed by atoms with E-state index in [9.17, 15) is 14.4 Å². The van der Waals surface area contributed by atoms with Crippen LogP contribution in [-0.4, -0.2) is 121 Å². The predicted octanol–water partition coefficient (Wildman–Crippen LogP) is 3.10. The number of hydrogen-bond donors (Lipinski definition) is 9. The second-order valence-electron chi connectivity index (χ2n) is 15.9. The van der Waals surface area contributed by atoms with Crippen LogP contribution in [0.3, 0.4) is 0 Å². The number of carbonyl (C=O) groups excluding carboxylic acids is 1. The van der Waals surface area contributed by atoms with Crippen molar-refractivity contribution in [1.82, 2.24) is 19.5 Å². The van der Waals surface area contributed by atoms with Crippen molar-refractivity contribution in [3.63, 3.8) is 0 Å². The molecule has 2 heterocycles. The first-order valence-corrected chi connectivity index (χ1v) is 21.6. The van der Waals surface area contributed by atoms with E-state index in [-0.39, 0.29) is 162 Å². The van der Waals surface area contributed by atoms with Crippen molar-refractivity contribution in [2.45, 2.75) is 140 Å². The molecular weight excluding hydrogens is 1060 g/mol. The molecule has 0 spiro atoms. The Morgan fingerprint density at radius 1 is 0.603 bits per heavy atom. The Labute approximate surface area is 450 Å². The molecule has 0 bridgehead atoms. The topological polar surface area (TPSA) is 343 Å². The Kier molecular flexibility index (Phi) is 50.0. The molecule has 1 aromatic carbocycles. The van der Waals surface area contributed by atoms with Gasteiger partial charge in [0.1, 0.15) is 31.0 Å². The first-order valence-electron chi connectivity index (χ1n) is 21.6. The summed E-state index contributed by atoms with van der Waals surface area (Å²) in [6.45, 7) is 5.96. The number of benzene rings is 1. The molecule has 0 saturated heterocycles. The summed E-state index contributed by atoms with van der Waals surface area (Å²) in [5.74, 6) is -0.561. The van der Waals surface area contributed by atoms with Crippen LogP contribution in [-0.2, 0) is 30.3 Å². The molecule has 2 aliphatic rings. The molecule has 0 saturated carbocycles. The van der Waals surface area contributed by atoms with Crippen LogP contribution in [0.4, 0.5) is 0 Å². The molecule has 0 fully saturated rings. The summed E-state index contributed by atoms with van der Waals surface area (Å²) < 4.78 is 27.7. The Morgan fingerprint density at radius 2 is 1.04 bits per heavy atom. The van der Waals surface area contributed by atoms with Gasteiger partial charge in [0.05, 0.1) is 37.4 Å². The lowest BCUT2D eigenvalue weighted by molar-refractivity contribution is -0.173. The summed E-state index contributed by atoms with van der Waals surface area (Å²) in [5.41, 5.74) is 50.4. The number of hydrogen-bond acceptors (Lipinski definition) is 17. The molecule has 404 valence electrons. The number of nitrogens with zero attached hydrogens (tertiary/aromatic N) is 3. The first-order chi connectivity index (χ1) is 28.8. The van der Waals surface area contributed by atoms with Gasteiger partial charge in [-0.25, -0.2) is 9.78 Å². The van der Waals surface area contributed by atoms with Crippen molar-refractivity contribution in [2.24, 2.45) is 45.9 Å². The minimum Gasteiger partial charge on any atom is -0.462 e. The van der Waals surface area contributed by atoms with Gasteiger partial charge in [-0.15, -0.1) is 99.3 Å². The minimum absolute atomic E-state index is 0. The maximum absolute atomic E-state index is 13.3. The van der Waals surface area contributed by atoms with Crippen LogP contribution in [0.5, 0.6) is 0 Å². The van der Waals surface area contributed by atoms with Gasteiger partial charge in [-0.1, -0.05) is 25.7 Å². The number of unbranched alkanes of at least 4 members (excludes halogenated alkanes) is 4. The summed E-state index contributed by atoms with van der Waals surface area (Å²) in [5, 5.41) is 0. The molecule has 0 radical (unpaired) electrons. The normalized spacial score (nSPS) is 13.7. The van der Waals surface area contributed by atoms with E-state index in [1.54, 1.807) is 4.57 Å². The highest BCUT2D eigenvalue weighted by Crippen LogP contribution is 2.27.